The minimum Gasteiger partial charge on any atom is -0.465 e. The van der Waals surface area contributed by atoms with E-state index in [1.54, 1.807) is 19.3 Å². The molecule has 0 saturated heterocycles. The molecule has 0 radical (unpaired) electrons. The molecule has 0 aliphatic carbocycles. The zero-order valence-corrected chi connectivity index (χ0v) is 15.7. The Morgan fingerprint density at radius 2 is 1.81 bits per heavy atom. The maximum absolute atomic E-state index is 12.2. The summed E-state index contributed by atoms with van der Waals surface area (Å²) in [6.07, 6.45) is 3.34. The molecule has 1 atom stereocenters. The summed E-state index contributed by atoms with van der Waals surface area (Å²) in [6.45, 7) is 3.27. The van der Waals surface area contributed by atoms with Crippen molar-refractivity contribution >= 4 is 23.5 Å². The zero-order chi connectivity index (χ0) is 19.2. The summed E-state index contributed by atoms with van der Waals surface area (Å²) < 4.78 is 6.84. The van der Waals surface area contributed by atoms with Crippen molar-refractivity contribution < 1.29 is 14.3 Å². The Hall–Kier alpha value is -3.00. The van der Waals surface area contributed by atoms with Crippen LogP contribution < -0.4 is 0 Å². The van der Waals surface area contributed by atoms with Gasteiger partial charge in [-0.05, 0) is 38.1 Å². The predicted octanol–water partition coefficient (Wildman–Crippen LogP) is 2.94. The largest absolute Gasteiger partial charge is 0.465 e. The number of ether oxygens (including phenoxy) is 1. The van der Waals surface area contributed by atoms with Gasteiger partial charge in [0.15, 0.2) is 22.0 Å². The van der Waals surface area contributed by atoms with Crippen LogP contribution >= 0.6 is 11.8 Å². The number of carbonyl (C=O) groups is 2. The van der Waals surface area contributed by atoms with Crippen molar-refractivity contribution in [1.82, 2.24) is 19.7 Å². The first-order chi connectivity index (χ1) is 13.1. The van der Waals surface area contributed by atoms with E-state index in [1.807, 2.05) is 47.0 Å². The molecule has 2 aromatic heterocycles. The highest BCUT2D eigenvalue weighted by Gasteiger charge is 2.29. The Morgan fingerprint density at radius 3 is 2.44 bits per heavy atom. The quantitative estimate of drug-likeness (QED) is 0.353. The normalized spacial score (nSPS) is 11.8. The van der Waals surface area contributed by atoms with Crippen molar-refractivity contribution in [2.24, 2.45) is 0 Å². The van der Waals surface area contributed by atoms with Crippen LogP contribution in [0.4, 0.5) is 0 Å². The smallest absolute Gasteiger partial charge is 0.327 e. The standard InChI is InChI=1S/C19H18N4O3S/c1-3-26-18(25)16(13(2)24)27-19-22-21-17(14-9-11-20-12-10-14)23(19)15-7-5-4-6-8-15/h4-12,16H,3H2,1-2H3. The molecule has 8 heteroatoms. The number of Topliss-reactive ketones (excluding diaryl/α,β-unsaturated/α-hetero) is 1. The SMILES string of the molecule is CCOC(=O)C(Sc1nnc(-c2ccncc2)n1-c1ccccc1)C(C)=O. The second kappa shape index (κ2) is 8.59. The van der Waals surface area contributed by atoms with Crippen molar-refractivity contribution in [3.63, 3.8) is 0 Å². The van der Waals surface area contributed by atoms with E-state index in [4.69, 9.17) is 4.74 Å². The van der Waals surface area contributed by atoms with E-state index in [2.05, 4.69) is 15.2 Å². The van der Waals surface area contributed by atoms with Crippen molar-refractivity contribution in [1.29, 1.82) is 0 Å². The number of ketones is 1. The van der Waals surface area contributed by atoms with Crippen LogP contribution in [0.2, 0.25) is 0 Å². The van der Waals surface area contributed by atoms with Gasteiger partial charge in [0, 0.05) is 23.6 Å². The molecule has 138 valence electrons. The topological polar surface area (TPSA) is 87.0 Å². The Kier molecular flexibility index (Phi) is 5.97. The highest BCUT2D eigenvalue weighted by atomic mass is 32.2. The van der Waals surface area contributed by atoms with Gasteiger partial charge in [0.2, 0.25) is 0 Å². The number of pyridine rings is 1. The fourth-order valence-electron chi connectivity index (χ4n) is 2.46. The average molecular weight is 382 g/mol. The third-order valence-corrected chi connectivity index (χ3v) is 4.91. The highest BCUT2D eigenvalue weighted by Crippen LogP contribution is 2.30. The van der Waals surface area contributed by atoms with Gasteiger partial charge in [0.25, 0.3) is 0 Å². The van der Waals surface area contributed by atoms with Gasteiger partial charge in [-0.1, -0.05) is 30.0 Å². The van der Waals surface area contributed by atoms with Crippen LogP contribution in [0.3, 0.4) is 0 Å². The fourth-order valence-corrected chi connectivity index (χ4v) is 3.39. The molecule has 0 saturated carbocycles. The molecular weight excluding hydrogens is 364 g/mol. The molecule has 7 nitrogen and oxygen atoms in total. The molecule has 0 N–H and O–H groups in total. The summed E-state index contributed by atoms with van der Waals surface area (Å²) in [6, 6.07) is 13.2. The fraction of sp³-hybridized carbons (Fsp3) is 0.211. The molecular formula is C19H18N4O3S. The summed E-state index contributed by atoms with van der Waals surface area (Å²) in [7, 11) is 0. The number of thioether (sulfide) groups is 1. The van der Waals surface area contributed by atoms with Crippen LogP contribution in [0, 0.1) is 0 Å². The van der Waals surface area contributed by atoms with Crippen LogP contribution in [-0.2, 0) is 14.3 Å². The van der Waals surface area contributed by atoms with Crippen molar-refractivity contribution in [3.05, 3.63) is 54.9 Å². The Labute approximate surface area is 160 Å². The predicted molar refractivity (Wildman–Crippen MR) is 102 cm³/mol. The van der Waals surface area contributed by atoms with Gasteiger partial charge in [-0.3, -0.25) is 19.1 Å². The first kappa shape index (κ1) is 18.8. The molecule has 0 bridgehead atoms. The molecule has 0 spiro atoms. The summed E-state index contributed by atoms with van der Waals surface area (Å²) in [5.41, 5.74) is 1.65. The van der Waals surface area contributed by atoms with Crippen LogP contribution in [-0.4, -0.2) is 43.4 Å². The molecule has 1 unspecified atom stereocenters. The zero-order valence-electron chi connectivity index (χ0n) is 14.9. The monoisotopic (exact) mass is 382 g/mol. The van der Waals surface area contributed by atoms with E-state index in [1.165, 1.54) is 6.92 Å². The van der Waals surface area contributed by atoms with Gasteiger partial charge in [0.1, 0.15) is 0 Å². The van der Waals surface area contributed by atoms with Gasteiger partial charge in [-0.2, -0.15) is 0 Å². The number of esters is 1. The van der Waals surface area contributed by atoms with Crippen molar-refractivity contribution in [2.45, 2.75) is 24.3 Å². The summed E-state index contributed by atoms with van der Waals surface area (Å²) >= 11 is 1.03. The number of benzene rings is 1. The Balaban J connectivity index is 2.07. The van der Waals surface area contributed by atoms with Crippen LogP contribution in [0.25, 0.3) is 17.1 Å². The van der Waals surface area contributed by atoms with E-state index in [9.17, 15) is 9.59 Å². The number of aromatic nitrogens is 4. The lowest BCUT2D eigenvalue weighted by atomic mass is 10.2. The number of rotatable bonds is 7. The molecule has 3 aromatic rings. The van der Waals surface area contributed by atoms with Gasteiger partial charge < -0.3 is 4.74 Å². The molecule has 0 aliphatic rings. The summed E-state index contributed by atoms with van der Waals surface area (Å²) in [5, 5.41) is 7.94. The van der Waals surface area contributed by atoms with Gasteiger partial charge in [-0.25, -0.2) is 0 Å². The van der Waals surface area contributed by atoms with Crippen molar-refractivity contribution in [3.8, 4) is 17.1 Å². The van der Waals surface area contributed by atoms with Gasteiger partial charge in [-0.15, -0.1) is 10.2 Å². The first-order valence-electron chi connectivity index (χ1n) is 8.36. The number of hydrogen-bond donors (Lipinski definition) is 0. The molecule has 2 heterocycles. The minimum atomic E-state index is -0.998. The highest BCUT2D eigenvalue weighted by molar-refractivity contribution is 8.01. The second-order valence-electron chi connectivity index (χ2n) is 5.57. The molecule has 1 aromatic carbocycles. The van der Waals surface area contributed by atoms with E-state index >= 15 is 0 Å². The van der Waals surface area contributed by atoms with Crippen LogP contribution in [0.15, 0.2) is 60.0 Å². The molecule has 3 rings (SSSR count). The Morgan fingerprint density at radius 1 is 1.11 bits per heavy atom. The molecule has 0 aliphatic heterocycles. The number of carbonyl (C=O) groups excluding carboxylic acids is 2. The first-order valence-corrected chi connectivity index (χ1v) is 9.24. The third kappa shape index (κ3) is 4.22. The number of nitrogens with zero attached hydrogens (tertiary/aromatic N) is 4. The van der Waals surface area contributed by atoms with Gasteiger partial charge >= 0.3 is 5.97 Å². The average Bonchev–Trinajstić information content (AvgIpc) is 3.11. The van der Waals surface area contributed by atoms with Crippen molar-refractivity contribution in [2.75, 3.05) is 6.61 Å². The van der Waals surface area contributed by atoms with Crippen LogP contribution in [0.1, 0.15) is 13.8 Å². The lowest BCUT2D eigenvalue weighted by Crippen LogP contribution is -2.27. The van der Waals surface area contributed by atoms with E-state index in [-0.39, 0.29) is 12.4 Å². The van der Waals surface area contributed by atoms with E-state index in [0.717, 1.165) is 23.0 Å². The van der Waals surface area contributed by atoms with E-state index < -0.39 is 11.2 Å². The third-order valence-electron chi connectivity index (χ3n) is 3.68. The number of hydrogen-bond acceptors (Lipinski definition) is 7. The van der Waals surface area contributed by atoms with E-state index in [0.29, 0.717) is 11.0 Å². The summed E-state index contributed by atoms with van der Waals surface area (Å²) in [4.78, 5) is 28.2. The number of para-hydroxylation sites is 1. The second-order valence-corrected chi connectivity index (χ2v) is 6.65. The van der Waals surface area contributed by atoms with Crippen LogP contribution in [0.5, 0.6) is 0 Å². The molecule has 27 heavy (non-hydrogen) atoms. The lowest BCUT2D eigenvalue weighted by molar-refractivity contribution is -0.144. The maximum atomic E-state index is 12.2. The van der Waals surface area contributed by atoms with Gasteiger partial charge in [0.05, 0.1) is 6.61 Å². The Bertz CT molecular complexity index is 929. The molecule has 0 amide bonds. The maximum Gasteiger partial charge on any atom is 0.327 e. The lowest BCUT2D eigenvalue weighted by Gasteiger charge is -2.14. The summed E-state index contributed by atoms with van der Waals surface area (Å²) in [5.74, 6) is -0.285. The minimum absolute atomic E-state index is 0.205. The molecule has 0 fully saturated rings.